The predicted molar refractivity (Wildman–Crippen MR) is 82.3 cm³/mol. The first-order valence-electron chi connectivity index (χ1n) is 7.38. The molecule has 0 aromatic heterocycles. The minimum absolute atomic E-state index is 0.178. The summed E-state index contributed by atoms with van der Waals surface area (Å²) in [6.07, 6.45) is 2.07. The molecule has 0 saturated heterocycles. The van der Waals surface area contributed by atoms with Crippen LogP contribution in [0.15, 0.2) is 36.4 Å². The van der Waals surface area contributed by atoms with Gasteiger partial charge in [-0.15, -0.1) is 0 Å². The van der Waals surface area contributed by atoms with Gasteiger partial charge in [0.15, 0.2) is 0 Å². The monoisotopic (exact) mass is 285 g/mol. The molecule has 1 atom stereocenters. The average Bonchev–Trinajstić information content (AvgIpc) is 2.50. The Labute approximate surface area is 125 Å². The van der Waals surface area contributed by atoms with Crippen LogP contribution in [0.5, 0.6) is 5.75 Å². The third kappa shape index (κ3) is 2.66. The molecule has 3 rings (SSSR count). The van der Waals surface area contributed by atoms with Crippen LogP contribution in [0.25, 0.3) is 0 Å². The van der Waals surface area contributed by atoms with Crippen molar-refractivity contribution < 1.29 is 9.13 Å². The van der Waals surface area contributed by atoms with Gasteiger partial charge in [0.25, 0.3) is 0 Å². The third-order valence-corrected chi connectivity index (χ3v) is 4.03. The van der Waals surface area contributed by atoms with Crippen LogP contribution in [-0.2, 0) is 6.42 Å². The molecular weight excluding hydrogens is 265 g/mol. The molecule has 1 heterocycles. The van der Waals surface area contributed by atoms with E-state index < -0.39 is 0 Å². The van der Waals surface area contributed by atoms with Crippen molar-refractivity contribution in [1.82, 2.24) is 5.32 Å². The number of aryl methyl sites for hydroxylation is 2. The highest BCUT2D eigenvalue weighted by molar-refractivity contribution is 5.48. The molecule has 110 valence electrons. The van der Waals surface area contributed by atoms with Crippen molar-refractivity contribution in [2.45, 2.75) is 25.8 Å². The van der Waals surface area contributed by atoms with E-state index in [1.807, 2.05) is 38.2 Å². The zero-order valence-corrected chi connectivity index (χ0v) is 12.4. The molecule has 0 fully saturated rings. The summed E-state index contributed by atoms with van der Waals surface area (Å²) in [6, 6.07) is 11.3. The molecule has 0 aliphatic carbocycles. The summed E-state index contributed by atoms with van der Waals surface area (Å²) in [5.41, 5.74) is 3.81. The molecule has 0 bridgehead atoms. The van der Waals surface area contributed by atoms with E-state index in [1.165, 1.54) is 5.56 Å². The van der Waals surface area contributed by atoms with E-state index in [0.717, 1.165) is 36.3 Å². The predicted octanol–water partition coefficient (Wildman–Crippen LogP) is 3.77. The highest BCUT2D eigenvalue weighted by Crippen LogP contribution is 2.36. The van der Waals surface area contributed by atoms with Crippen LogP contribution in [0.3, 0.4) is 0 Å². The maximum atomic E-state index is 14.3. The summed E-state index contributed by atoms with van der Waals surface area (Å²) >= 11 is 0. The largest absolute Gasteiger partial charge is 0.493 e. The Bertz CT molecular complexity index is 654. The van der Waals surface area contributed by atoms with E-state index in [2.05, 4.69) is 11.4 Å². The quantitative estimate of drug-likeness (QED) is 0.927. The summed E-state index contributed by atoms with van der Waals surface area (Å²) in [6.45, 7) is 2.63. The number of hydrogen-bond donors (Lipinski definition) is 1. The molecule has 1 N–H and O–H groups in total. The van der Waals surface area contributed by atoms with Crippen LogP contribution in [0, 0.1) is 12.7 Å². The van der Waals surface area contributed by atoms with Crippen LogP contribution < -0.4 is 10.1 Å². The molecule has 0 saturated carbocycles. The Morgan fingerprint density at radius 1 is 1.19 bits per heavy atom. The number of para-hydroxylation sites is 1. The first-order chi connectivity index (χ1) is 10.2. The second-order valence-corrected chi connectivity index (χ2v) is 5.53. The Morgan fingerprint density at radius 3 is 2.81 bits per heavy atom. The molecule has 1 aliphatic heterocycles. The lowest BCUT2D eigenvalue weighted by Crippen LogP contribution is -2.21. The Morgan fingerprint density at radius 2 is 2.05 bits per heavy atom. The first kappa shape index (κ1) is 14.1. The van der Waals surface area contributed by atoms with Crippen molar-refractivity contribution in [1.29, 1.82) is 0 Å². The van der Waals surface area contributed by atoms with Gasteiger partial charge in [-0.1, -0.05) is 30.3 Å². The van der Waals surface area contributed by atoms with E-state index in [4.69, 9.17) is 4.74 Å². The SMILES string of the molecule is CNC(c1ccc(C)cc1F)c1cccc2c1OCCC2. The van der Waals surface area contributed by atoms with Gasteiger partial charge in [0.2, 0.25) is 0 Å². The van der Waals surface area contributed by atoms with Gasteiger partial charge in [0.05, 0.1) is 12.6 Å². The lowest BCUT2D eigenvalue weighted by Gasteiger charge is -2.25. The maximum absolute atomic E-state index is 14.3. The van der Waals surface area contributed by atoms with Gasteiger partial charge >= 0.3 is 0 Å². The zero-order chi connectivity index (χ0) is 14.8. The molecule has 0 radical (unpaired) electrons. The zero-order valence-electron chi connectivity index (χ0n) is 12.4. The van der Waals surface area contributed by atoms with Crippen LogP contribution in [0.4, 0.5) is 4.39 Å². The second-order valence-electron chi connectivity index (χ2n) is 5.53. The van der Waals surface area contributed by atoms with Crippen molar-refractivity contribution in [3.63, 3.8) is 0 Å². The average molecular weight is 285 g/mol. The topological polar surface area (TPSA) is 21.3 Å². The second kappa shape index (κ2) is 5.86. The standard InChI is InChI=1S/C18H20FNO/c1-12-8-9-14(16(19)11-12)17(20-2)15-7-3-5-13-6-4-10-21-18(13)15/h3,5,7-9,11,17,20H,4,6,10H2,1-2H3. The van der Waals surface area contributed by atoms with Gasteiger partial charge in [-0.25, -0.2) is 4.39 Å². The van der Waals surface area contributed by atoms with E-state index in [-0.39, 0.29) is 11.9 Å². The molecule has 2 nitrogen and oxygen atoms in total. The first-order valence-corrected chi connectivity index (χ1v) is 7.38. The van der Waals surface area contributed by atoms with E-state index in [0.29, 0.717) is 5.56 Å². The normalized spacial score (nSPS) is 15.2. The molecule has 21 heavy (non-hydrogen) atoms. The van der Waals surface area contributed by atoms with Crippen molar-refractivity contribution in [3.05, 3.63) is 64.5 Å². The number of halogens is 1. The van der Waals surface area contributed by atoms with Crippen molar-refractivity contribution in [3.8, 4) is 5.75 Å². The third-order valence-electron chi connectivity index (χ3n) is 4.03. The van der Waals surface area contributed by atoms with Crippen molar-refractivity contribution >= 4 is 0 Å². The van der Waals surface area contributed by atoms with Gasteiger partial charge in [0.1, 0.15) is 11.6 Å². The van der Waals surface area contributed by atoms with Crippen LogP contribution in [0.2, 0.25) is 0 Å². The minimum atomic E-state index is -0.196. The number of benzene rings is 2. The number of ether oxygens (including phenoxy) is 1. The van der Waals surface area contributed by atoms with Crippen molar-refractivity contribution in [2.75, 3.05) is 13.7 Å². The molecule has 1 unspecified atom stereocenters. The molecule has 1 aliphatic rings. The molecule has 2 aromatic carbocycles. The van der Waals surface area contributed by atoms with Crippen LogP contribution in [0.1, 0.15) is 34.7 Å². The van der Waals surface area contributed by atoms with Gasteiger partial charge in [-0.3, -0.25) is 0 Å². The van der Waals surface area contributed by atoms with Gasteiger partial charge < -0.3 is 10.1 Å². The maximum Gasteiger partial charge on any atom is 0.128 e. The molecule has 0 spiro atoms. The Balaban J connectivity index is 2.08. The number of nitrogens with one attached hydrogen (secondary N) is 1. The molecule has 3 heteroatoms. The van der Waals surface area contributed by atoms with E-state index >= 15 is 0 Å². The fourth-order valence-corrected chi connectivity index (χ4v) is 2.99. The number of hydrogen-bond acceptors (Lipinski definition) is 2. The summed E-state index contributed by atoms with van der Waals surface area (Å²) in [4.78, 5) is 0. The number of rotatable bonds is 3. The highest BCUT2D eigenvalue weighted by atomic mass is 19.1. The Kier molecular flexibility index (Phi) is 3.93. The summed E-state index contributed by atoms with van der Waals surface area (Å²) in [5.74, 6) is 0.742. The van der Waals surface area contributed by atoms with Gasteiger partial charge in [0, 0.05) is 11.1 Å². The van der Waals surface area contributed by atoms with Gasteiger partial charge in [-0.05, 0) is 44.0 Å². The van der Waals surface area contributed by atoms with Crippen molar-refractivity contribution in [2.24, 2.45) is 0 Å². The molecule has 0 amide bonds. The highest BCUT2D eigenvalue weighted by Gasteiger charge is 2.23. The lowest BCUT2D eigenvalue weighted by molar-refractivity contribution is 0.283. The van der Waals surface area contributed by atoms with Crippen LogP contribution in [-0.4, -0.2) is 13.7 Å². The lowest BCUT2D eigenvalue weighted by atomic mass is 9.93. The van der Waals surface area contributed by atoms with E-state index in [9.17, 15) is 4.39 Å². The van der Waals surface area contributed by atoms with Gasteiger partial charge in [-0.2, -0.15) is 0 Å². The van der Waals surface area contributed by atoms with E-state index in [1.54, 1.807) is 6.07 Å². The summed E-state index contributed by atoms with van der Waals surface area (Å²) in [7, 11) is 1.85. The summed E-state index contributed by atoms with van der Waals surface area (Å²) < 4.78 is 20.2. The fraction of sp³-hybridized carbons (Fsp3) is 0.333. The Hall–Kier alpha value is -1.87. The van der Waals surface area contributed by atoms with Crippen LogP contribution >= 0.6 is 0 Å². The fourth-order valence-electron chi connectivity index (χ4n) is 2.99. The minimum Gasteiger partial charge on any atom is -0.493 e. The summed E-state index contributed by atoms with van der Waals surface area (Å²) in [5, 5.41) is 3.23. The smallest absolute Gasteiger partial charge is 0.128 e. The molecule has 2 aromatic rings. The number of fused-ring (bicyclic) bond motifs is 1. The molecular formula is C18H20FNO.